The molecule has 3 nitrogen and oxygen atoms in total. The summed E-state index contributed by atoms with van der Waals surface area (Å²) in [5, 5.41) is 2.89. The van der Waals surface area contributed by atoms with Crippen molar-refractivity contribution in [2.45, 2.75) is 26.2 Å². The number of hydrogen-bond donors (Lipinski definition) is 2. The van der Waals surface area contributed by atoms with Gasteiger partial charge in [-0.15, -0.1) is 0 Å². The second-order valence-electron chi connectivity index (χ2n) is 3.61. The van der Waals surface area contributed by atoms with E-state index in [1.807, 2.05) is 31.2 Å². The number of rotatable bonds is 5. The van der Waals surface area contributed by atoms with Crippen LogP contribution >= 0.6 is 0 Å². The predicted molar refractivity (Wildman–Crippen MR) is 62.7 cm³/mol. The summed E-state index contributed by atoms with van der Waals surface area (Å²) in [6.45, 7) is 2.63. The molecule has 1 aromatic rings. The largest absolute Gasteiger partial charge is 0.330 e. The number of carbonyl (C=O) groups is 1. The SMILES string of the molecule is Cc1ccccc1NC(=O)CCCCN. The molecule has 0 aromatic heterocycles. The molecule has 3 heteroatoms. The molecule has 0 saturated carbocycles. The molecule has 0 aliphatic carbocycles. The molecule has 15 heavy (non-hydrogen) atoms. The summed E-state index contributed by atoms with van der Waals surface area (Å²) in [4.78, 5) is 11.5. The lowest BCUT2D eigenvalue weighted by molar-refractivity contribution is -0.116. The number of para-hydroxylation sites is 1. The minimum atomic E-state index is 0.0674. The lowest BCUT2D eigenvalue weighted by atomic mass is 10.2. The molecule has 0 spiro atoms. The van der Waals surface area contributed by atoms with Gasteiger partial charge in [-0.25, -0.2) is 0 Å². The van der Waals surface area contributed by atoms with Gasteiger partial charge in [-0.2, -0.15) is 0 Å². The summed E-state index contributed by atoms with van der Waals surface area (Å²) in [5.41, 5.74) is 7.35. The van der Waals surface area contributed by atoms with Crippen LogP contribution in [0.15, 0.2) is 24.3 Å². The van der Waals surface area contributed by atoms with Crippen molar-refractivity contribution in [3.05, 3.63) is 29.8 Å². The van der Waals surface area contributed by atoms with Gasteiger partial charge in [0.25, 0.3) is 0 Å². The zero-order valence-electron chi connectivity index (χ0n) is 9.12. The Bertz CT molecular complexity index is 323. The summed E-state index contributed by atoms with van der Waals surface area (Å²) in [5.74, 6) is 0.0674. The van der Waals surface area contributed by atoms with Crippen LogP contribution in [0.4, 0.5) is 5.69 Å². The van der Waals surface area contributed by atoms with E-state index >= 15 is 0 Å². The standard InChI is InChI=1S/C12H18N2O/c1-10-6-2-3-7-11(10)14-12(15)8-4-5-9-13/h2-3,6-7H,4-5,8-9,13H2,1H3,(H,14,15). The molecule has 1 amide bonds. The van der Waals surface area contributed by atoms with E-state index in [1.165, 1.54) is 0 Å². The van der Waals surface area contributed by atoms with Crippen LogP contribution in [0.2, 0.25) is 0 Å². The molecule has 0 saturated heterocycles. The third kappa shape index (κ3) is 4.13. The van der Waals surface area contributed by atoms with Gasteiger partial charge in [-0.1, -0.05) is 18.2 Å². The van der Waals surface area contributed by atoms with Gasteiger partial charge >= 0.3 is 0 Å². The molecule has 0 fully saturated rings. The van der Waals surface area contributed by atoms with Gasteiger partial charge in [0.15, 0.2) is 0 Å². The highest BCUT2D eigenvalue weighted by atomic mass is 16.1. The van der Waals surface area contributed by atoms with Crippen LogP contribution in [0, 0.1) is 6.92 Å². The van der Waals surface area contributed by atoms with Crippen molar-refractivity contribution in [3.8, 4) is 0 Å². The Morgan fingerprint density at radius 1 is 1.33 bits per heavy atom. The fourth-order valence-electron chi connectivity index (χ4n) is 1.36. The van der Waals surface area contributed by atoms with Crippen molar-refractivity contribution in [1.29, 1.82) is 0 Å². The van der Waals surface area contributed by atoms with Crippen LogP contribution in [0.5, 0.6) is 0 Å². The smallest absolute Gasteiger partial charge is 0.224 e. The van der Waals surface area contributed by atoms with Crippen LogP contribution < -0.4 is 11.1 Å². The van der Waals surface area contributed by atoms with E-state index in [0.29, 0.717) is 13.0 Å². The Hall–Kier alpha value is -1.35. The average molecular weight is 206 g/mol. The molecule has 0 heterocycles. The topological polar surface area (TPSA) is 55.1 Å². The minimum absolute atomic E-state index is 0.0674. The number of anilines is 1. The van der Waals surface area contributed by atoms with E-state index in [0.717, 1.165) is 24.1 Å². The van der Waals surface area contributed by atoms with Gasteiger partial charge in [-0.3, -0.25) is 4.79 Å². The normalized spacial score (nSPS) is 10.0. The third-order valence-corrected chi connectivity index (χ3v) is 2.28. The molecule has 0 aliphatic rings. The Morgan fingerprint density at radius 2 is 2.07 bits per heavy atom. The van der Waals surface area contributed by atoms with Gasteiger partial charge in [-0.05, 0) is 37.9 Å². The molecule has 0 atom stereocenters. The molecular weight excluding hydrogens is 188 g/mol. The second-order valence-corrected chi connectivity index (χ2v) is 3.61. The number of nitrogens with one attached hydrogen (secondary N) is 1. The first kappa shape index (κ1) is 11.7. The maximum absolute atomic E-state index is 11.5. The molecule has 1 aromatic carbocycles. The molecule has 1 rings (SSSR count). The molecule has 0 aliphatic heterocycles. The number of nitrogens with two attached hydrogens (primary N) is 1. The van der Waals surface area contributed by atoms with Gasteiger partial charge in [0.2, 0.25) is 5.91 Å². The molecule has 3 N–H and O–H groups in total. The first-order valence-electron chi connectivity index (χ1n) is 5.29. The summed E-state index contributed by atoms with van der Waals surface area (Å²) in [6.07, 6.45) is 2.31. The molecule has 82 valence electrons. The lowest BCUT2D eigenvalue weighted by Crippen LogP contribution is -2.12. The Kier molecular flexibility index (Phi) is 4.84. The first-order chi connectivity index (χ1) is 7.24. The quantitative estimate of drug-likeness (QED) is 0.724. The Labute approximate surface area is 90.7 Å². The summed E-state index contributed by atoms with van der Waals surface area (Å²) in [7, 11) is 0. The van der Waals surface area contributed by atoms with E-state index < -0.39 is 0 Å². The Balaban J connectivity index is 2.41. The highest BCUT2D eigenvalue weighted by Crippen LogP contribution is 2.13. The summed E-state index contributed by atoms with van der Waals surface area (Å²) >= 11 is 0. The fraction of sp³-hybridized carbons (Fsp3) is 0.417. The van der Waals surface area contributed by atoms with E-state index in [2.05, 4.69) is 5.32 Å². The van der Waals surface area contributed by atoms with Crippen molar-refractivity contribution in [3.63, 3.8) is 0 Å². The average Bonchev–Trinajstić information content (AvgIpc) is 2.22. The van der Waals surface area contributed by atoms with Crippen molar-refractivity contribution < 1.29 is 4.79 Å². The van der Waals surface area contributed by atoms with Crippen molar-refractivity contribution in [1.82, 2.24) is 0 Å². The van der Waals surface area contributed by atoms with Crippen molar-refractivity contribution in [2.75, 3.05) is 11.9 Å². The number of aryl methyl sites for hydroxylation is 1. The summed E-state index contributed by atoms with van der Waals surface area (Å²) in [6, 6.07) is 7.77. The summed E-state index contributed by atoms with van der Waals surface area (Å²) < 4.78 is 0. The second kappa shape index (κ2) is 6.19. The van der Waals surface area contributed by atoms with Crippen LogP contribution in [0.1, 0.15) is 24.8 Å². The third-order valence-electron chi connectivity index (χ3n) is 2.28. The number of carbonyl (C=O) groups excluding carboxylic acids is 1. The number of benzene rings is 1. The first-order valence-corrected chi connectivity index (χ1v) is 5.29. The van der Waals surface area contributed by atoms with Crippen molar-refractivity contribution >= 4 is 11.6 Å². The van der Waals surface area contributed by atoms with Crippen LogP contribution in [-0.2, 0) is 4.79 Å². The fourth-order valence-corrected chi connectivity index (χ4v) is 1.36. The van der Waals surface area contributed by atoms with E-state index in [9.17, 15) is 4.79 Å². The number of amides is 1. The van der Waals surface area contributed by atoms with Crippen LogP contribution in [0.25, 0.3) is 0 Å². The van der Waals surface area contributed by atoms with Crippen LogP contribution in [0.3, 0.4) is 0 Å². The predicted octanol–water partition coefficient (Wildman–Crippen LogP) is 2.06. The van der Waals surface area contributed by atoms with Gasteiger partial charge < -0.3 is 11.1 Å². The van der Waals surface area contributed by atoms with Crippen LogP contribution in [-0.4, -0.2) is 12.5 Å². The zero-order valence-corrected chi connectivity index (χ0v) is 9.12. The lowest BCUT2D eigenvalue weighted by Gasteiger charge is -2.07. The molecule has 0 unspecified atom stereocenters. The molecule has 0 bridgehead atoms. The zero-order chi connectivity index (χ0) is 11.1. The van der Waals surface area contributed by atoms with Gasteiger partial charge in [0, 0.05) is 12.1 Å². The maximum atomic E-state index is 11.5. The highest BCUT2D eigenvalue weighted by Gasteiger charge is 2.03. The van der Waals surface area contributed by atoms with Crippen molar-refractivity contribution in [2.24, 2.45) is 5.73 Å². The van der Waals surface area contributed by atoms with Gasteiger partial charge in [0.05, 0.1) is 0 Å². The maximum Gasteiger partial charge on any atom is 0.224 e. The highest BCUT2D eigenvalue weighted by molar-refractivity contribution is 5.91. The van der Waals surface area contributed by atoms with E-state index in [-0.39, 0.29) is 5.91 Å². The van der Waals surface area contributed by atoms with E-state index in [4.69, 9.17) is 5.73 Å². The number of hydrogen-bond acceptors (Lipinski definition) is 2. The van der Waals surface area contributed by atoms with Gasteiger partial charge in [0.1, 0.15) is 0 Å². The number of unbranched alkanes of at least 4 members (excludes halogenated alkanes) is 1. The monoisotopic (exact) mass is 206 g/mol. The molecule has 0 radical (unpaired) electrons. The van der Waals surface area contributed by atoms with E-state index in [1.54, 1.807) is 0 Å². The Morgan fingerprint density at radius 3 is 2.73 bits per heavy atom. The molecular formula is C12H18N2O. The minimum Gasteiger partial charge on any atom is -0.330 e.